The topological polar surface area (TPSA) is 75.7 Å². The van der Waals surface area contributed by atoms with Gasteiger partial charge in [-0.3, -0.25) is 9.36 Å². The third-order valence-corrected chi connectivity index (χ3v) is 3.78. The summed E-state index contributed by atoms with van der Waals surface area (Å²) in [6.07, 6.45) is 1.70. The number of oxazole rings is 1. The van der Waals surface area contributed by atoms with Gasteiger partial charge in [0.2, 0.25) is 5.91 Å². The first-order valence-corrected chi connectivity index (χ1v) is 6.69. The molecule has 0 spiro atoms. The highest BCUT2D eigenvalue weighted by molar-refractivity contribution is 5.80. The summed E-state index contributed by atoms with van der Waals surface area (Å²) in [4.78, 5) is 25.8. The summed E-state index contributed by atoms with van der Waals surface area (Å²) in [6.45, 7) is 0.549. The number of rotatable bonds is 3. The number of hydrogen-bond donors (Lipinski definition) is 1. The number of hydrogen-bond acceptors (Lipinski definition) is 4. The van der Waals surface area contributed by atoms with Gasteiger partial charge in [-0.25, -0.2) is 4.79 Å². The molecule has 6 heteroatoms. The third-order valence-electron chi connectivity index (χ3n) is 3.78. The van der Waals surface area contributed by atoms with Crippen molar-refractivity contribution < 1.29 is 14.3 Å². The lowest BCUT2D eigenvalue weighted by molar-refractivity contribution is -0.133. The van der Waals surface area contributed by atoms with Crippen molar-refractivity contribution in [2.75, 3.05) is 13.2 Å². The summed E-state index contributed by atoms with van der Waals surface area (Å²) in [5, 5.41) is 9.26. The van der Waals surface area contributed by atoms with Gasteiger partial charge in [-0.2, -0.15) is 0 Å². The van der Waals surface area contributed by atoms with Crippen LogP contribution in [0.3, 0.4) is 0 Å². The number of benzene rings is 1. The fourth-order valence-corrected chi connectivity index (χ4v) is 2.74. The van der Waals surface area contributed by atoms with Crippen molar-refractivity contribution in [3.8, 4) is 0 Å². The van der Waals surface area contributed by atoms with Crippen LogP contribution in [0.5, 0.6) is 0 Å². The molecule has 1 aliphatic rings. The summed E-state index contributed by atoms with van der Waals surface area (Å²) < 4.78 is 6.44. The Kier molecular flexibility index (Phi) is 3.31. The van der Waals surface area contributed by atoms with Crippen LogP contribution in [-0.2, 0) is 11.3 Å². The van der Waals surface area contributed by atoms with Gasteiger partial charge < -0.3 is 14.4 Å². The molecule has 1 atom stereocenters. The van der Waals surface area contributed by atoms with E-state index in [9.17, 15) is 14.7 Å². The lowest BCUT2D eigenvalue weighted by atomic mass is 10.2. The number of carbonyl (C=O) groups is 1. The first-order chi connectivity index (χ1) is 9.70. The minimum absolute atomic E-state index is 0.0349. The zero-order chi connectivity index (χ0) is 14.1. The van der Waals surface area contributed by atoms with Crippen LogP contribution in [0.2, 0.25) is 0 Å². The van der Waals surface area contributed by atoms with Gasteiger partial charge >= 0.3 is 5.76 Å². The maximum Gasteiger partial charge on any atom is 0.420 e. The fourth-order valence-electron chi connectivity index (χ4n) is 2.74. The number of amides is 1. The highest BCUT2D eigenvalue weighted by atomic mass is 16.4. The molecule has 1 aliphatic heterocycles. The van der Waals surface area contributed by atoms with E-state index in [-0.39, 0.29) is 25.1 Å². The van der Waals surface area contributed by atoms with Gasteiger partial charge in [-0.05, 0) is 25.0 Å². The van der Waals surface area contributed by atoms with Crippen LogP contribution >= 0.6 is 0 Å². The van der Waals surface area contributed by atoms with E-state index in [0.29, 0.717) is 17.6 Å². The lowest BCUT2D eigenvalue weighted by Crippen LogP contribution is -2.40. The number of carbonyl (C=O) groups excluding carboxylic acids is 1. The number of para-hydroxylation sites is 2. The monoisotopic (exact) mass is 276 g/mol. The number of fused-ring (bicyclic) bond motifs is 1. The molecule has 1 saturated heterocycles. The van der Waals surface area contributed by atoms with Crippen LogP contribution in [0, 0.1) is 0 Å². The predicted octanol–water partition coefficient (Wildman–Crippen LogP) is 0.578. The number of aliphatic hydroxyl groups excluding tert-OH is 1. The molecule has 3 rings (SSSR count). The number of aromatic nitrogens is 1. The zero-order valence-corrected chi connectivity index (χ0v) is 11.0. The predicted molar refractivity (Wildman–Crippen MR) is 72.3 cm³/mol. The van der Waals surface area contributed by atoms with E-state index in [2.05, 4.69) is 0 Å². The first-order valence-electron chi connectivity index (χ1n) is 6.69. The summed E-state index contributed by atoms with van der Waals surface area (Å²) >= 11 is 0. The van der Waals surface area contributed by atoms with Crippen LogP contribution in [-0.4, -0.2) is 39.7 Å². The SMILES string of the molecule is O=C(Cn1c(=O)oc2ccccc21)N1CCC[C@@H]1CO. The molecule has 0 saturated carbocycles. The Hall–Kier alpha value is -2.08. The van der Waals surface area contributed by atoms with Gasteiger partial charge in [0, 0.05) is 6.54 Å². The lowest BCUT2D eigenvalue weighted by Gasteiger charge is -2.22. The Bertz CT molecular complexity index is 688. The highest BCUT2D eigenvalue weighted by Crippen LogP contribution is 2.18. The second-order valence-electron chi connectivity index (χ2n) is 4.99. The van der Waals surface area contributed by atoms with E-state index in [1.807, 2.05) is 0 Å². The van der Waals surface area contributed by atoms with Crippen molar-refractivity contribution >= 4 is 17.0 Å². The van der Waals surface area contributed by atoms with Gasteiger partial charge in [0.25, 0.3) is 0 Å². The van der Waals surface area contributed by atoms with Crippen LogP contribution in [0.15, 0.2) is 33.5 Å². The summed E-state index contributed by atoms with van der Waals surface area (Å²) in [7, 11) is 0. The van der Waals surface area contributed by atoms with Crippen molar-refractivity contribution in [2.24, 2.45) is 0 Å². The molecule has 0 radical (unpaired) electrons. The second-order valence-corrected chi connectivity index (χ2v) is 4.99. The standard InChI is InChI=1S/C14H16N2O4/c17-9-10-4-3-7-15(10)13(18)8-16-11-5-1-2-6-12(11)20-14(16)19/h1-2,5-6,10,17H,3-4,7-9H2/t10-/m1/s1. The Balaban J connectivity index is 1.88. The normalized spacial score (nSPS) is 18.9. The molecule has 0 aliphatic carbocycles. The van der Waals surface area contributed by atoms with E-state index >= 15 is 0 Å². The van der Waals surface area contributed by atoms with Crippen LogP contribution < -0.4 is 5.76 Å². The van der Waals surface area contributed by atoms with Crippen LogP contribution in [0.4, 0.5) is 0 Å². The largest absolute Gasteiger partial charge is 0.420 e. The van der Waals surface area contributed by atoms with Gasteiger partial charge in [0.05, 0.1) is 18.2 Å². The van der Waals surface area contributed by atoms with Gasteiger partial charge in [-0.15, -0.1) is 0 Å². The van der Waals surface area contributed by atoms with E-state index in [1.165, 1.54) is 4.57 Å². The molecule has 6 nitrogen and oxygen atoms in total. The zero-order valence-electron chi connectivity index (χ0n) is 11.0. The maximum absolute atomic E-state index is 12.3. The van der Waals surface area contributed by atoms with E-state index in [1.54, 1.807) is 29.2 Å². The second kappa shape index (κ2) is 5.13. The molecular weight excluding hydrogens is 260 g/mol. The molecular formula is C14H16N2O4. The fraction of sp³-hybridized carbons (Fsp3) is 0.429. The van der Waals surface area contributed by atoms with E-state index in [0.717, 1.165) is 12.8 Å². The number of likely N-dealkylation sites (tertiary alicyclic amines) is 1. The molecule has 1 aromatic carbocycles. The molecule has 0 bridgehead atoms. The Morgan fingerprint density at radius 1 is 1.40 bits per heavy atom. The maximum atomic E-state index is 12.3. The van der Waals surface area contributed by atoms with Crippen molar-refractivity contribution in [1.29, 1.82) is 0 Å². The molecule has 106 valence electrons. The van der Waals surface area contributed by atoms with Crippen LogP contribution in [0.1, 0.15) is 12.8 Å². The van der Waals surface area contributed by atoms with Crippen LogP contribution in [0.25, 0.3) is 11.1 Å². The molecule has 2 heterocycles. The van der Waals surface area contributed by atoms with Gasteiger partial charge in [0.15, 0.2) is 5.58 Å². The first kappa shape index (κ1) is 12.9. The molecule has 2 aromatic rings. The van der Waals surface area contributed by atoms with E-state index < -0.39 is 5.76 Å². The van der Waals surface area contributed by atoms with Crippen molar-refractivity contribution in [1.82, 2.24) is 9.47 Å². The van der Waals surface area contributed by atoms with Gasteiger partial charge in [0.1, 0.15) is 6.54 Å². The minimum atomic E-state index is -0.528. The molecule has 1 fully saturated rings. The number of nitrogens with zero attached hydrogens (tertiary/aromatic N) is 2. The Labute approximate surface area is 115 Å². The summed E-state index contributed by atoms with van der Waals surface area (Å²) in [6, 6.07) is 6.89. The Morgan fingerprint density at radius 2 is 2.20 bits per heavy atom. The smallest absolute Gasteiger partial charge is 0.408 e. The minimum Gasteiger partial charge on any atom is -0.408 e. The third kappa shape index (κ3) is 2.12. The summed E-state index contributed by atoms with van der Waals surface area (Å²) in [5.41, 5.74) is 1.09. The van der Waals surface area contributed by atoms with Gasteiger partial charge in [-0.1, -0.05) is 12.1 Å². The van der Waals surface area contributed by atoms with E-state index in [4.69, 9.17) is 4.42 Å². The average molecular weight is 276 g/mol. The number of aliphatic hydroxyl groups is 1. The molecule has 0 unspecified atom stereocenters. The average Bonchev–Trinajstić information content (AvgIpc) is 3.04. The Morgan fingerprint density at radius 3 is 3.00 bits per heavy atom. The quantitative estimate of drug-likeness (QED) is 0.889. The summed E-state index contributed by atoms with van der Waals surface area (Å²) in [5.74, 6) is -0.686. The van der Waals surface area contributed by atoms with Crippen molar-refractivity contribution in [3.63, 3.8) is 0 Å². The molecule has 1 aromatic heterocycles. The molecule has 1 N–H and O–H groups in total. The van der Waals surface area contributed by atoms with Crippen molar-refractivity contribution in [3.05, 3.63) is 34.8 Å². The van der Waals surface area contributed by atoms with Crippen molar-refractivity contribution in [2.45, 2.75) is 25.4 Å². The molecule has 20 heavy (non-hydrogen) atoms. The highest BCUT2D eigenvalue weighted by Gasteiger charge is 2.28. The molecule has 1 amide bonds.